The van der Waals surface area contributed by atoms with Gasteiger partial charge in [-0.3, -0.25) is 9.59 Å². The highest BCUT2D eigenvalue weighted by molar-refractivity contribution is 5.88. The molecule has 4 fully saturated rings. The number of hydrogen-bond donors (Lipinski definition) is 1. The first kappa shape index (κ1) is 29.2. The Hall–Kier alpha value is -2.91. The number of aliphatic hydroxyl groups excluding tert-OH is 1. The molecule has 6 rings (SSSR count). The van der Waals surface area contributed by atoms with E-state index in [9.17, 15) is 19.5 Å². The Morgan fingerprint density at radius 2 is 1.88 bits per heavy atom. The highest BCUT2D eigenvalue weighted by Gasteiger charge is 2.77. The van der Waals surface area contributed by atoms with E-state index in [0.717, 1.165) is 16.7 Å². The molecule has 42 heavy (non-hydrogen) atoms. The number of carbonyl (C=O) groups is 3. The molecule has 1 aromatic heterocycles. The summed E-state index contributed by atoms with van der Waals surface area (Å²) in [6, 6.07) is 1.93. The maximum Gasteiger partial charge on any atom is 0.333 e. The summed E-state index contributed by atoms with van der Waals surface area (Å²) in [7, 11) is 0. The molecule has 1 aromatic rings. The van der Waals surface area contributed by atoms with Crippen molar-refractivity contribution in [1.82, 2.24) is 0 Å². The third kappa shape index (κ3) is 3.85. The van der Waals surface area contributed by atoms with Gasteiger partial charge in [0, 0.05) is 53.4 Å². The predicted octanol–water partition coefficient (Wildman–Crippen LogP) is 4.64. The molecular weight excluding hydrogens is 540 g/mol. The lowest BCUT2D eigenvalue weighted by Gasteiger charge is -2.65. The van der Waals surface area contributed by atoms with Crippen molar-refractivity contribution in [2.45, 2.75) is 104 Å². The average Bonchev–Trinajstić information content (AvgIpc) is 3.64. The zero-order valence-electron chi connectivity index (χ0n) is 25.5. The molecule has 9 nitrogen and oxygen atoms in total. The van der Waals surface area contributed by atoms with E-state index in [1.807, 2.05) is 19.9 Å². The normalized spacial score (nSPS) is 44.5. The van der Waals surface area contributed by atoms with Crippen LogP contribution in [-0.4, -0.2) is 60.1 Å². The van der Waals surface area contributed by atoms with Crippen molar-refractivity contribution in [3.63, 3.8) is 0 Å². The second kappa shape index (κ2) is 9.81. The molecule has 9 heteroatoms. The third-order valence-electron chi connectivity index (χ3n) is 11.7. The number of aliphatic hydroxyl groups is 1. The summed E-state index contributed by atoms with van der Waals surface area (Å²) in [4.78, 5) is 39.3. The van der Waals surface area contributed by atoms with Crippen LogP contribution in [0.4, 0.5) is 0 Å². The minimum atomic E-state index is -0.904. The summed E-state index contributed by atoms with van der Waals surface area (Å²) in [5.74, 6) is -2.06. The van der Waals surface area contributed by atoms with Crippen molar-refractivity contribution < 1.29 is 42.9 Å². The van der Waals surface area contributed by atoms with E-state index >= 15 is 0 Å². The summed E-state index contributed by atoms with van der Waals surface area (Å²) in [6.07, 6.45) is 2.52. The highest BCUT2D eigenvalue weighted by atomic mass is 16.6. The van der Waals surface area contributed by atoms with Gasteiger partial charge in [-0.2, -0.15) is 0 Å². The van der Waals surface area contributed by atoms with Crippen molar-refractivity contribution >= 4 is 17.9 Å². The van der Waals surface area contributed by atoms with E-state index in [1.54, 1.807) is 32.4 Å². The largest absolute Gasteiger partial charge is 0.472 e. The molecule has 3 heterocycles. The van der Waals surface area contributed by atoms with Gasteiger partial charge in [0.2, 0.25) is 0 Å². The smallest absolute Gasteiger partial charge is 0.333 e. The molecule has 0 bridgehead atoms. The van der Waals surface area contributed by atoms with Crippen LogP contribution in [0.2, 0.25) is 0 Å². The van der Waals surface area contributed by atoms with Crippen molar-refractivity contribution in [1.29, 1.82) is 0 Å². The first-order chi connectivity index (χ1) is 19.8. The first-order valence-corrected chi connectivity index (χ1v) is 15.0. The first-order valence-electron chi connectivity index (χ1n) is 15.0. The second-order valence-electron chi connectivity index (χ2n) is 13.7. The molecule has 2 aliphatic heterocycles. The van der Waals surface area contributed by atoms with Gasteiger partial charge in [-0.05, 0) is 50.3 Å². The van der Waals surface area contributed by atoms with Gasteiger partial charge in [0.05, 0.1) is 31.3 Å². The molecule has 1 N–H and O–H groups in total. The van der Waals surface area contributed by atoms with E-state index < -0.39 is 64.6 Å². The zero-order chi connectivity index (χ0) is 30.4. The van der Waals surface area contributed by atoms with Gasteiger partial charge in [0.15, 0.2) is 0 Å². The van der Waals surface area contributed by atoms with Crippen LogP contribution in [0.25, 0.3) is 0 Å². The van der Waals surface area contributed by atoms with Crippen LogP contribution in [0.3, 0.4) is 0 Å². The van der Waals surface area contributed by atoms with E-state index in [1.165, 1.54) is 6.92 Å². The van der Waals surface area contributed by atoms with Gasteiger partial charge in [-0.15, -0.1) is 0 Å². The lowest BCUT2D eigenvalue weighted by molar-refractivity contribution is -0.253. The van der Waals surface area contributed by atoms with Crippen LogP contribution < -0.4 is 0 Å². The van der Waals surface area contributed by atoms with Gasteiger partial charge in [0.1, 0.15) is 18.3 Å². The number of rotatable bonds is 4. The lowest BCUT2D eigenvalue weighted by atomic mass is 9.39. The highest BCUT2D eigenvalue weighted by Crippen LogP contribution is 2.72. The minimum absolute atomic E-state index is 0.0364. The lowest BCUT2D eigenvalue weighted by Crippen LogP contribution is -2.71. The maximum absolute atomic E-state index is 13.6. The molecule has 0 spiro atoms. The summed E-state index contributed by atoms with van der Waals surface area (Å²) in [5.41, 5.74) is 1.05. The molecule has 5 aliphatic rings. The van der Waals surface area contributed by atoms with Crippen molar-refractivity contribution in [3.05, 3.63) is 47.0 Å². The Balaban J connectivity index is 1.58. The number of esters is 3. The number of fused-ring (bicyclic) bond motifs is 4. The third-order valence-corrected chi connectivity index (χ3v) is 11.7. The average molecular weight is 583 g/mol. The fourth-order valence-corrected chi connectivity index (χ4v) is 9.76. The minimum Gasteiger partial charge on any atom is -0.472 e. The van der Waals surface area contributed by atoms with Gasteiger partial charge in [-0.1, -0.05) is 32.4 Å². The molecule has 2 saturated heterocycles. The summed E-state index contributed by atoms with van der Waals surface area (Å²) >= 11 is 0. The molecule has 0 radical (unpaired) electrons. The van der Waals surface area contributed by atoms with Gasteiger partial charge in [0.25, 0.3) is 0 Å². The Labute approximate surface area is 246 Å². The molecule has 1 unspecified atom stereocenters. The van der Waals surface area contributed by atoms with Crippen molar-refractivity contribution in [2.75, 3.05) is 6.61 Å². The van der Waals surface area contributed by atoms with E-state index in [0.29, 0.717) is 12.0 Å². The molecule has 11 atom stereocenters. The molecular formula is C33H42O9. The monoisotopic (exact) mass is 582 g/mol. The van der Waals surface area contributed by atoms with Gasteiger partial charge >= 0.3 is 17.9 Å². The van der Waals surface area contributed by atoms with Crippen LogP contribution in [0.1, 0.15) is 79.2 Å². The summed E-state index contributed by atoms with van der Waals surface area (Å²) in [5, 5.41) is 12.0. The quantitative estimate of drug-likeness (QED) is 0.234. The van der Waals surface area contributed by atoms with Gasteiger partial charge < -0.3 is 28.5 Å². The molecule has 0 amide bonds. The van der Waals surface area contributed by atoms with Crippen molar-refractivity contribution in [2.24, 2.45) is 28.1 Å². The van der Waals surface area contributed by atoms with E-state index in [2.05, 4.69) is 13.8 Å². The molecule has 2 saturated carbocycles. The number of carbonyl (C=O) groups excluding carboxylic acids is 3. The number of allylic oxidation sites excluding steroid dienone is 2. The second-order valence-corrected chi connectivity index (χ2v) is 13.7. The van der Waals surface area contributed by atoms with E-state index in [4.69, 9.17) is 23.4 Å². The predicted molar refractivity (Wildman–Crippen MR) is 150 cm³/mol. The topological polar surface area (TPSA) is 122 Å². The Kier molecular flexibility index (Phi) is 6.81. The fraction of sp³-hybridized carbons (Fsp3) is 0.667. The Morgan fingerprint density at radius 3 is 2.52 bits per heavy atom. The van der Waals surface area contributed by atoms with Crippen LogP contribution in [-0.2, 0) is 33.3 Å². The SMILES string of the molecule is C/C=C(\C)C(=O)O[C@@H]1[C@@H]2OC[C@]3(C)[C@H](OC(C)=O)C[C@H](O)[C@@](C)([C@@H]23)[C@H]2CC(=O)OC3C[C@@H](c4ccoc4)C(C)=C3[C@]12C. The number of furan rings is 1. The van der Waals surface area contributed by atoms with Crippen LogP contribution >= 0.6 is 0 Å². The molecule has 0 aromatic carbocycles. The van der Waals surface area contributed by atoms with Crippen molar-refractivity contribution in [3.8, 4) is 0 Å². The standard InChI is InChI=1S/C33H42O9/c1-8-16(2)30(37)42-29-27-28-31(5,15-39-27)24(40-18(4)34)13-23(35)32(28,6)22-12-25(36)41-21-11-20(19-9-10-38-14-19)17(3)26(21)33(22,29)7/h8-10,14,20-24,27-29,35H,11-13,15H2,1-7H3/b16-8+/t20-,21?,22-,23+,24-,27-,28+,29-,31-,32+,33-/m1/s1. The fourth-order valence-electron chi connectivity index (χ4n) is 9.76. The Bertz CT molecular complexity index is 1360. The number of ether oxygens (including phenoxy) is 4. The van der Waals surface area contributed by atoms with Crippen LogP contribution in [0.15, 0.2) is 45.8 Å². The number of hydrogen-bond acceptors (Lipinski definition) is 9. The molecule has 228 valence electrons. The maximum atomic E-state index is 13.6. The van der Waals surface area contributed by atoms with Crippen LogP contribution in [0, 0.1) is 28.1 Å². The van der Waals surface area contributed by atoms with E-state index in [-0.39, 0.29) is 37.3 Å². The van der Waals surface area contributed by atoms with Gasteiger partial charge in [-0.25, -0.2) is 4.79 Å². The molecule has 3 aliphatic carbocycles. The summed E-state index contributed by atoms with van der Waals surface area (Å²) in [6.45, 7) is 13.3. The summed E-state index contributed by atoms with van der Waals surface area (Å²) < 4.78 is 30.5. The zero-order valence-corrected chi connectivity index (χ0v) is 25.5. The Morgan fingerprint density at radius 1 is 1.14 bits per heavy atom. The van der Waals surface area contributed by atoms with Crippen LogP contribution in [0.5, 0.6) is 0 Å².